The molecule has 1 aliphatic heterocycles. The molecule has 1 fully saturated rings. The average Bonchev–Trinajstić information content (AvgIpc) is 2.65. The molecular formula is C11H14N2O2. The van der Waals surface area contributed by atoms with E-state index in [1.807, 2.05) is 6.07 Å². The van der Waals surface area contributed by atoms with Crippen LogP contribution in [-0.4, -0.2) is 41.1 Å². The lowest BCUT2D eigenvalue weighted by Crippen LogP contribution is -2.13. The summed E-state index contributed by atoms with van der Waals surface area (Å²) in [6, 6.07) is 3.45. The smallest absolute Gasteiger partial charge is 0.337 e. The van der Waals surface area contributed by atoms with Crippen LogP contribution in [0.3, 0.4) is 0 Å². The number of likely N-dealkylation sites (tertiary alicyclic amines) is 1. The molecule has 4 heteroatoms. The molecule has 1 unspecified atom stereocenters. The van der Waals surface area contributed by atoms with Crippen molar-refractivity contribution in [2.45, 2.75) is 12.3 Å². The van der Waals surface area contributed by atoms with Gasteiger partial charge in [-0.25, -0.2) is 4.79 Å². The first-order valence-electron chi connectivity index (χ1n) is 5.04. The first-order chi connectivity index (χ1) is 7.16. The van der Waals surface area contributed by atoms with Gasteiger partial charge in [0.2, 0.25) is 0 Å². The Balaban J connectivity index is 2.13. The Morgan fingerprint density at radius 2 is 2.40 bits per heavy atom. The molecular weight excluding hydrogens is 192 g/mol. The number of nitrogens with zero attached hydrogens (tertiary/aromatic N) is 2. The van der Waals surface area contributed by atoms with Crippen molar-refractivity contribution in [3.63, 3.8) is 0 Å². The zero-order valence-corrected chi connectivity index (χ0v) is 8.68. The van der Waals surface area contributed by atoms with E-state index in [-0.39, 0.29) is 5.56 Å². The molecule has 2 heterocycles. The van der Waals surface area contributed by atoms with Gasteiger partial charge in [-0.1, -0.05) is 0 Å². The van der Waals surface area contributed by atoms with Crippen molar-refractivity contribution in [3.8, 4) is 0 Å². The summed E-state index contributed by atoms with van der Waals surface area (Å²) in [6.45, 7) is 2.10. The highest BCUT2D eigenvalue weighted by Gasteiger charge is 2.22. The second-order valence-corrected chi connectivity index (χ2v) is 4.02. The first-order valence-corrected chi connectivity index (χ1v) is 5.04. The van der Waals surface area contributed by atoms with Crippen molar-refractivity contribution in [1.82, 2.24) is 9.88 Å². The third-order valence-corrected chi connectivity index (χ3v) is 2.84. The van der Waals surface area contributed by atoms with Crippen LogP contribution in [-0.2, 0) is 0 Å². The zero-order valence-electron chi connectivity index (χ0n) is 8.68. The van der Waals surface area contributed by atoms with E-state index in [9.17, 15) is 4.79 Å². The van der Waals surface area contributed by atoms with E-state index in [0.29, 0.717) is 5.92 Å². The minimum absolute atomic E-state index is 0.255. The van der Waals surface area contributed by atoms with Gasteiger partial charge in [0, 0.05) is 24.4 Å². The van der Waals surface area contributed by atoms with Gasteiger partial charge in [0.05, 0.1) is 5.56 Å². The fraction of sp³-hybridized carbons (Fsp3) is 0.455. The van der Waals surface area contributed by atoms with Crippen LogP contribution in [0, 0.1) is 0 Å². The van der Waals surface area contributed by atoms with Crippen LogP contribution >= 0.6 is 0 Å². The lowest BCUT2D eigenvalue weighted by Gasteiger charge is -2.09. The SMILES string of the molecule is CN1CCC(c2ccc(C(=O)O)cn2)C1. The fourth-order valence-electron chi connectivity index (χ4n) is 1.95. The maximum Gasteiger partial charge on any atom is 0.337 e. The van der Waals surface area contributed by atoms with E-state index in [0.717, 1.165) is 25.2 Å². The summed E-state index contributed by atoms with van der Waals surface area (Å²) in [5.74, 6) is -0.463. The Morgan fingerprint density at radius 3 is 2.87 bits per heavy atom. The van der Waals surface area contributed by atoms with Crippen LogP contribution in [0.4, 0.5) is 0 Å². The van der Waals surface area contributed by atoms with Gasteiger partial charge in [-0.15, -0.1) is 0 Å². The molecule has 0 aliphatic carbocycles. The van der Waals surface area contributed by atoms with Gasteiger partial charge in [0.25, 0.3) is 0 Å². The van der Waals surface area contributed by atoms with Gasteiger partial charge in [-0.2, -0.15) is 0 Å². The van der Waals surface area contributed by atoms with Gasteiger partial charge >= 0.3 is 5.97 Å². The second-order valence-electron chi connectivity index (χ2n) is 4.02. The average molecular weight is 206 g/mol. The van der Waals surface area contributed by atoms with Gasteiger partial charge < -0.3 is 10.0 Å². The number of hydrogen-bond donors (Lipinski definition) is 1. The van der Waals surface area contributed by atoms with Crippen LogP contribution in [0.25, 0.3) is 0 Å². The fourth-order valence-corrected chi connectivity index (χ4v) is 1.95. The van der Waals surface area contributed by atoms with Crippen molar-refractivity contribution >= 4 is 5.97 Å². The van der Waals surface area contributed by atoms with E-state index in [2.05, 4.69) is 16.9 Å². The van der Waals surface area contributed by atoms with E-state index in [1.165, 1.54) is 6.20 Å². The number of aromatic nitrogens is 1. The van der Waals surface area contributed by atoms with E-state index in [1.54, 1.807) is 6.07 Å². The van der Waals surface area contributed by atoms with E-state index in [4.69, 9.17) is 5.11 Å². The normalized spacial score (nSPS) is 21.8. The van der Waals surface area contributed by atoms with Crippen LogP contribution < -0.4 is 0 Å². The highest BCUT2D eigenvalue weighted by Crippen LogP contribution is 2.24. The van der Waals surface area contributed by atoms with Crippen molar-refractivity contribution in [2.24, 2.45) is 0 Å². The van der Waals surface area contributed by atoms with Gasteiger partial charge in [-0.05, 0) is 32.1 Å². The molecule has 1 aromatic rings. The number of aromatic carboxylic acids is 1. The molecule has 2 rings (SSSR count). The van der Waals surface area contributed by atoms with Gasteiger partial charge in [0.15, 0.2) is 0 Å². The number of carboxylic acid groups (broad SMARTS) is 1. The van der Waals surface area contributed by atoms with E-state index >= 15 is 0 Å². The molecule has 0 radical (unpaired) electrons. The maximum absolute atomic E-state index is 10.6. The molecule has 1 aliphatic rings. The van der Waals surface area contributed by atoms with Gasteiger partial charge in [0.1, 0.15) is 0 Å². The van der Waals surface area contributed by atoms with Crippen molar-refractivity contribution in [2.75, 3.05) is 20.1 Å². The minimum Gasteiger partial charge on any atom is -0.478 e. The maximum atomic E-state index is 10.6. The highest BCUT2D eigenvalue weighted by molar-refractivity contribution is 5.87. The molecule has 1 N–H and O–H groups in total. The van der Waals surface area contributed by atoms with Crippen LogP contribution in [0.5, 0.6) is 0 Å². The molecule has 1 saturated heterocycles. The molecule has 4 nitrogen and oxygen atoms in total. The summed E-state index contributed by atoms with van der Waals surface area (Å²) >= 11 is 0. The van der Waals surface area contributed by atoms with Crippen molar-refractivity contribution in [3.05, 3.63) is 29.6 Å². The molecule has 0 aromatic carbocycles. The molecule has 0 bridgehead atoms. The highest BCUT2D eigenvalue weighted by atomic mass is 16.4. The molecule has 1 atom stereocenters. The summed E-state index contributed by atoms with van der Waals surface area (Å²) in [4.78, 5) is 17.1. The Labute approximate surface area is 88.6 Å². The predicted octanol–water partition coefficient (Wildman–Crippen LogP) is 1.20. The molecule has 0 amide bonds. The minimum atomic E-state index is -0.919. The summed E-state index contributed by atoms with van der Waals surface area (Å²) in [5.41, 5.74) is 1.26. The number of hydrogen-bond acceptors (Lipinski definition) is 3. The van der Waals surface area contributed by atoms with Crippen LogP contribution in [0.15, 0.2) is 18.3 Å². The van der Waals surface area contributed by atoms with Crippen molar-refractivity contribution in [1.29, 1.82) is 0 Å². The summed E-state index contributed by atoms with van der Waals surface area (Å²) in [5, 5.41) is 8.73. The predicted molar refractivity (Wildman–Crippen MR) is 56.1 cm³/mol. The van der Waals surface area contributed by atoms with Crippen LogP contribution in [0.1, 0.15) is 28.4 Å². The first kappa shape index (κ1) is 10.1. The third kappa shape index (κ3) is 2.15. The zero-order chi connectivity index (χ0) is 10.8. The molecule has 1 aromatic heterocycles. The summed E-state index contributed by atoms with van der Waals surface area (Å²) in [6.07, 6.45) is 2.55. The molecule has 0 saturated carbocycles. The third-order valence-electron chi connectivity index (χ3n) is 2.84. The Morgan fingerprint density at radius 1 is 1.60 bits per heavy atom. The van der Waals surface area contributed by atoms with Crippen LogP contribution in [0.2, 0.25) is 0 Å². The molecule has 0 spiro atoms. The largest absolute Gasteiger partial charge is 0.478 e. The Hall–Kier alpha value is -1.42. The quantitative estimate of drug-likeness (QED) is 0.790. The number of pyridine rings is 1. The molecule has 15 heavy (non-hydrogen) atoms. The summed E-state index contributed by atoms with van der Waals surface area (Å²) < 4.78 is 0. The Bertz CT molecular complexity index is 361. The van der Waals surface area contributed by atoms with Crippen molar-refractivity contribution < 1.29 is 9.90 Å². The second kappa shape index (κ2) is 3.98. The monoisotopic (exact) mass is 206 g/mol. The van der Waals surface area contributed by atoms with Gasteiger partial charge in [-0.3, -0.25) is 4.98 Å². The molecule has 80 valence electrons. The lowest BCUT2D eigenvalue weighted by atomic mass is 10.0. The lowest BCUT2D eigenvalue weighted by molar-refractivity contribution is 0.0696. The summed E-state index contributed by atoms with van der Waals surface area (Å²) in [7, 11) is 2.09. The topological polar surface area (TPSA) is 53.4 Å². The Kier molecular flexibility index (Phi) is 2.68. The van der Waals surface area contributed by atoms with E-state index < -0.39 is 5.97 Å². The standard InChI is InChI=1S/C11H14N2O2/c1-13-5-4-9(7-13)10-3-2-8(6-12-10)11(14)15/h2-3,6,9H,4-5,7H2,1H3,(H,14,15). The number of carbonyl (C=O) groups is 1. The number of rotatable bonds is 2. The number of likely N-dealkylation sites (N-methyl/N-ethyl adjacent to an activating group) is 1. The number of carboxylic acids is 1.